The zero-order valence-electron chi connectivity index (χ0n) is 15.0. The number of nitrogens with one attached hydrogen (secondary N) is 1. The molecule has 0 saturated carbocycles. The van der Waals surface area contributed by atoms with Crippen molar-refractivity contribution in [3.05, 3.63) is 59.1 Å². The number of amides is 1. The van der Waals surface area contributed by atoms with E-state index in [2.05, 4.69) is 5.32 Å². The zero-order valence-corrected chi connectivity index (χ0v) is 16.7. The van der Waals surface area contributed by atoms with E-state index in [4.69, 9.17) is 29.9 Å². The highest BCUT2D eigenvalue weighted by Crippen LogP contribution is 2.49. The topological polar surface area (TPSA) is 83.1 Å². The summed E-state index contributed by atoms with van der Waals surface area (Å²) in [4.78, 5) is 11.8. The molecule has 1 N–H and O–H groups in total. The molecule has 0 aromatic heterocycles. The highest BCUT2D eigenvalue weighted by Gasteiger charge is 2.27. The number of phosphoric acid groups is 1. The fraction of sp³-hybridized carbons (Fsp3) is 0.278. The van der Waals surface area contributed by atoms with Gasteiger partial charge in [-0.3, -0.25) is 14.4 Å². The van der Waals surface area contributed by atoms with Crippen LogP contribution in [-0.2, 0) is 25.0 Å². The molecule has 7 nitrogen and oxygen atoms in total. The molecule has 1 amide bonds. The lowest BCUT2D eigenvalue weighted by molar-refractivity contribution is 0.155. The molecule has 0 spiro atoms. The number of ether oxygens (including phenoxy) is 1. The van der Waals surface area contributed by atoms with E-state index in [1.807, 2.05) is 0 Å². The molecule has 0 atom stereocenters. The third-order valence-electron chi connectivity index (χ3n) is 3.16. The third-order valence-corrected chi connectivity index (χ3v) is 4.97. The average molecular weight is 414 g/mol. The minimum Gasteiger partial charge on any atom is -0.444 e. The first-order valence-corrected chi connectivity index (χ1v) is 10.1. The van der Waals surface area contributed by atoms with Crippen LogP contribution in [0.1, 0.15) is 19.4 Å². The second kappa shape index (κ2) is 10.3. The van der Waals surface area contributed by atoms with Gasteiger partial charge in [-0.15, -0.1) is 0 Å². The van der Waals surface area contributed by atoms with Crippen molar-refractivity contribution in [2.45, 2.75) is 20.5 Å². The van der Waals surface area contributed by atoms with Crippen molar-refractivity contribution in [1.82, 2.24) is 0 Å². The van der Waals surface area contributed by atoms with Gasteiger partial charge in [-0.05, 0) is 49.7 Å². The van der Waals surface area contributed by atoms with Crippen LogP contribution < -0.4 is 9.84 Å². The Morgan fingerprint density at radius 3 is 2.33 bits per heavy atom. The largest absolute Gasteiger partial charge is 0.530 e. The Labute approximate surface area is 163 Å². The van der Waals surface area contributed by atoms with E-state index in [-0.39, 0.29) is 19.8 Å². The summed E-state index contributed by atoms with van der Waals surface area (Å²) in [5.41, 5.74) is 1.27. The second-order valence-corrected chi connectivity index (χ2v) is 7.26. The van der Waals surface area contributed by atoms with Crippen LogP contribution in [0.4, 0.5) is 10.5 Å². The number of phosphoric ester groups is 1. The smallest absolute Gasteiger partial charge is 0.444 e. The molecule has 146 valence electrons. The molecule has 2 aromatic rings. The molecule has 9 heteroatoms. The maximum atomic E-state index is 12.3. The molecular weight excluding hydrogens is 393 g/mol. The Morgan fingerprint density at radius 2 is 1.74 bits per heavy atom. The summed E-state index contributed by atoms with van der Waals surface area (Å²) in [5, 5.41) is 3.10. The summed E-state index contributed by atoms with van der Waals surface area (Å²) in [6, 6.07) is 13.3. The number of rotatable bonds is 9. The summed E-state index contributed by atoms with van der Waals surface area (Å²) in [6.07, 6.45) is -0.602. The number of hydrogen-bond acceptors (Lipinski definition) is 6. The number of halogens is 1. The molecule has 0 radical (unpaired) electrons. The van der Waals surface area contributed by atoms with Crippen LogP contribution in [-0.4, -0.2) is 19.3 Å². The molecule has 0 saturated heterocycles. The molecule has 2 aromatic carbocycles. The van der Waals surface area contributed by atoms with Crippen LogP contribution in [0.3, 0.4) is 0 Å². The van der Waals surface area contributed by atoms with Crippen LogP contribution in [0.5, 0.6) is 5.75 Å². The Bertz CT molecular complexity index is 789. The summed E-state index contributed by atoms with van der Waals surface area (Å²) in [6.45, 7) is 3.85. The monoisotopic (exact) mass is 413 g/mol. The van der Waals surface area contributed by atoms with Gasteiger partial charge in [-0.1, -0.05) is 29.8 Å². The van der Waals surface area contributed by atoms with Gasteiger partial charge in [0.2, 0.25) is 0 Å². The van der Waals surface area contributed by atoms with Crippen LogP contribution in [0.15, 0.2) is 48.5 Å². The number of hydrogen-bond donors (Lipinski definition) is 1. The molecule has 0 fully saturated rings. The minimum absolute atomic E-state index is 0.0568. The Morgan fingerprint density at radius 1 is 1.07 bits per heavy atom. The van der Waals surface area contributed by atoms with E-state index in [0.717, 1.165) is 5.56 Å². The van der Waals surface area contributed by atoms with Gasteiger partial charge >= 0.3 is 13.9 Å². The van der Waals surface area contributed by atoms with Crippen molar-refractivity contribution < 1.29 is 27.7 Å². The first-order valence-electron chi connectivity index (χ1n) is 8.31. The van der Waals surface area contributed by atoms with Crippen molar-refractivity contribution in [2.24, 2.45) is 0 Å². The lowest BCUT2D eigenvalue weighted by Crippen LogP contribution is -2.13. The molecule has 0 unspecified atom stereocenters. The third kappa shape index (κ3) is 7.23. The molecule has 0 aliphatic carbocycles. The highest BCUT2D eigenvalue weighted by molar-refractivity contribution is 7.48. The standard InChI is InChI=1S/C18H21ClNO6P/c1-3-24-27(22,25-4-2)26-17-10-8-14(9-11-17)13-23-18(21)20-16-7-5-6-15(19)12-16/h5-12H,3-4,13H2,1-2H3,(H,20,21). The van der Waals surface area contributed by atoms with Crippen molar-refractivity contribution in [3.8, 4) is 5.75 Å². The summed E-state index contributed by atoms with van der Waals surface area (Å²) < 4.78 is 33.0. The maximum Gasteiger partial charge on any atom is 0.530 e. The number of benzene rings is 2. The number of carbonyl (C=O) groups excluding carboxylic acids is 1. The normalized spacial score (nSPS) is 11.1. The Hall–Kier alpha value is -2.05. The molecule has 0 aliphatic rings. The Balaban J connectivity index is 1.88. The van der Waals surface area contributed by atoms with Crippen LogP contribution in [0, 0.1) is 0 Å². The predicted octanol–water partition coefficient (Wildman–Crippen LogP) is 5.65. The number of carbonyl (C=O) groups is 1. The van der Waals surface area contributed by atoms with Crippen LogP contribution in [0.25, 0.3) is 0 Å². The predicted molar refractivity (Wildman–Crippen MR) is 103 cm³/mol. The molecule has 0 bridgehead atoms. The maximum absolute atomic E-state index is 12.3. The lowest BCUT2D eigenvalue weighted by Gasteiger charge is -2.17. The van der Waals surface area contributed by atoms with E-state index in [0.29, 0.717) is 16.5 Å². The summed E-state index contributed by atoms with van der Waals surface area (Å²) >= 11 is 5.86. The second-order valence-electron chi connectivity index (χ2n) is 5.23. The SMILES string of the molecule is CCOP(=O)(OCC)Oc1ccc(COC(=O)Nc2cccc(Cl)c2)cc1. The van der Waals surface area contributed by atoms with Gasteiger partial charge in [0.05, 0.1) is 13.2 Å². The first-order chi connectivity index (χ1) is 12.9. The van der Waals surface area contributed by atoms with Crippen molar-refractivity contribution in [2.75, 3.05) is 18.5 Å². The van der Waals surface area contributed by atoms with Gasteiger partial charge in [0.15, 0.2) is 0 Å². The van der Waals surface area contributed by atoms with Gasteiger partial charge in [0, 0.05) is 10.7 Å². The molecule has 0 aliphatic heterocycles. The molecular formula is C18H21ClNO6P. The Kier molecular flexibility index (Phi) is 8.13. The van der Waals surface area contributed by atoms with Gasteiger partial charge in [-0.25, -0.2) is 9.36 Å². The van der Waals surface area contributed by atoms with E-state index >= 15 is 0 Å². The van der Waals surface area contributed by atoms with E-state index in [9.17, 15) is 9.36 Å². The van der Waals surface area contributed by atoms with Gasteiger partial charge in [-0.2, -0.15) is 0 Å². The quantitative estimate of drug-likeness (QED) is 0.535. The van der Waals surface area contributed by atoms with E-state index < -0.39 is 13.9 Å². The number of anilines is 1. The molecule has 2 rings (SSSR count). The van der Waals surface area contributed by atoms with Crippen molar-refractivity contribution in [3.63, 3.8) is 0 Å². The molecule has 0 heterocycles. The van der Waals surface area contributed by atoms with Crippen LogP contribution in [0.2, 0.25) is 5.02 Å². The van der Waals surface area contributed by atoms with Crippen molar-refractivity contribution in [1.29, 1.82) is 0 Å². The fourth-order valence-corrected chi connectivity index (χ4v) is 3.43. The minimum atomic E-state index is -3.64. The van der Waals surface area contributed by atoms with E-state index in [1.165, 1.54) is 0 Å². The fourth-order valence-electron chi connectivity index (χ4n) is 2.05. The zero-order chi connectivity index (χ0) is 19.7. The van der Waals surface area contributed by atoms with Gasteiger partial charge < -0.3 is 9.26 Å². The average Bonchev–Trinajstić information content (AvgIpc) is 2.61. The van der Waals surface area contributed by atoms with Gasteiger partial charge in [0.25, 0.3) is 0 Å². The van der Waals surface area contributed by atoms with E-state index in [1.54, 1.807) is 62.4 Å². The summed E-state index contributed by atoms with van der Waals surface area (Å²) in [5.74, 6) is 0.326. The van der Waals surface area contributed by atoms with Crippen molar-refractivity contribution >= 4 is 31.2 Å². The first kappa shape index (κ1) is 21.3. The lowest BCUT2D eigenvalue weighted by atomic mass is 10.2. The van der Waals surface area contributed by atoms with Crippen LogP contribution >= 0.6 is 19.4 Å². The summed E-state index contributed by atoms with van der Waals surface area (Å²) in [7, 11) is -3.64. The van der Waals surface area contributed by atoms with Gasteiger partial charge in [0.1, 0.15) is 12.4 Å². The highest BCUT2D eigenvalue weighted by atomic mass is 35.5. The molecule has 27 heavy (non-hydrogen) atoms.